The Kier molecular flexibility index (Phi) is 7.93. The van der Waals surface area contributed by atoms with Crippen molar-refractivity contribution in [3.8, 4) is 0 Å². The number of hydrogen-bond acceptors (Lipinski definition) is 4. The van der Waals surface area contributed by atoms with Crippen molar-refractivity contribution in [2.75, 3.05) is 54.4 Å². The zero-order valence-corrected chi connectivity index (χ0v) is 22.5. The van der Waals surface area contributed by atoms with E-state index in [0.717, 1.165) is 32.2 Å². The van der Waals surface area contributed by atoms with Crippen LogP contribution >= 0.6 is 0 Å². The SMILES string of the molecule is CN(C)C(=O)CCNC(=O)CN1C[C@]2(CC[C@](c3ccccc3)(N(C)C)CC2)N(CC2CCC2)C1=O. The molecule has 3 aliphatic rings. The third kappa shape index (κ3) is 5.24. The van der Waals surface area contributed by atoms with E-state index in [0.29, 0.717) is 12.5 Å². The molecular formula is C28H43N5O3. The summed E-state index contributed by atoms with van der Waals surface area (Å²) >= 11 is 0. The van der Waals surface area contributed by atoms with Crippen molar-refractivity contribution >= 4 is 17.8 Å². The quantitative estimate of drug-likeness (QED) is 0.569. The van der Waals surface area contributed by atoms with Crippen molar-refractivity contribution in [1.82, 2.24) is 24.9 Å². The van der Waals surface area contributed by atoms with Crippen LogP contribution in [-0.2, 0) is 15.1 Å². The molecule has 0 atom stereocenters. The molecule has 3 fully saturated rings. The largest absolute Gasteiger partial charge is 0.354 e. The Hall–Kier alpha value is -2.61. The molecule has 0 radical (unpaired) electrons. The van der Waals surface area contributed by atoms with E-state index >= 15 is 0 Å². The molecule has 4 rings (SSSR count). The Labute approximate surface area is 216 Å². The first-order valence-electron chi connectivity index (χ1n) is 13.4. The number of nitrogens with zero attached hydrogens (tertiary/aromatic N) is 4. The van der Waals surface area contributed by atoms with E-state index in [2.05, 4.69) is 59.5 Å². The van der Waals surface area contributed by atoms with Crippen LogP contribution in [0.1, 0.15) is 56.9 Å². The number of rotatable bonds is 9. The van der Waals surface area contributed by atoms with Gasteiger partial charge in [-0.2, -0.15) is 0 Å². The molecule has 1 N–H and O–H groups in total. The van der Waals surface area contributed by atoms with Gasteiger partial charge in [0.2, 0.25) is 11.8 Å². The zero-order valence-electron chi connectivity index (χ0n) is 22.5. The highest BCUT2D eigenvalue weighted by Crippen LogP contribution is 2.49. The molecule has 0 aromatic heterocycles. The molecule has 4 amide bonds. The van der Waals surface area contributed by atoms with E-state index in [9.17, 15) is 14.4 Å². The van der Waals surface area contributed by atoms with E-state index in [1.165, 1.54) is 29.7 Å². The molecule has 1 saturated heterocycles. The molecule has 1 aromatic rings. The maximum atomic E-state index is 13.6. The monoisotopic (exact) mass is 497 g/mol. The van der Waals surface area contributed by atoms with Gasteiger partial charge in [-0.3, -0.25) is 14.5 Å². The standard InChI is InChI=1S/C28H43N5O3/c1-30(2)25(35)13-18-29-24(34)20-32-21-27(33(26(32)36)19-22-9-8-10-22)14-16-28(17-15-27,31(3)4)23-11-6-5-7-12-23/h5-7,11-12,22H,8-10,13-21H2,1-4H3,(H,29,34)/t27-,28+. The maximum absolute atomic E-state index is 13.6. The molecule has 0 bridgehead atoms. The van der Waals surface area contributed by atoms with Crippen molar-refractivity contribution in [3.63, 3.8) is 0 Å². The van der Waals surface area contributed by atoms with Crippen LogP contribution in [0, 0.1) is 5.92 Å². The van der Waals surface area contributed by atoms with E-state index in [1.54, 1.807) is 19.0 Å². The lowest BCUT2D eigenvalue weighted by Gasteiger charge is -2.51. The number of carbonyl (C=O) groups is 3. The highest BCUT2D eigenvalue weighted by atomic mass is 16.2. The van der Waals surface area contributed by atoms with Gasteiger partial charge in [-0.05, 0) is 64.1 Å². The van der Waals surface area contributed by atoms with Crippen LogP contribution in [0.2, 0.25) is 0 Å². The van der Waals surface area contributed by atoms with Crippen molar-refractivity contribution in [2.45, 2.75) is 62.4 Å². The topological polar surface area (TPSA) is 76.2 Å². The first kappa shape index (κ1) is 26.5. The average Bonchev–Trinajstić information content (AvgIpc) is 3.07. The second-order valence-corrected chi connectivity index (χ2v) is 11.5. The van der Waals surface area contributed by atoms with Crippen LogP contribution < -0.4 is 5.32 Å². The lowest BCUT2D eigenvalue weighted by molar-refractivity contribution is -0.128. The van der Waals surface area contributed by atoms with Crippen molar-refractivity contribution < 1.29 is 14.4 Å². The minimum atomic E-state index is -0.220. The van der Waals surface area contributed by atoms with Gasteiger partial charge in [0.25, 0.3) is 0 Å². The molecule has 1 spiro atoms. The number of urea groups is 1. The summed E-state index contributed by atoms with van der Waals surface area (Å²) in [5.74, 6) is 0.354. The van der Waals surface area contributed by atoms with Gasteiger partial charge in [-0.1, -0.05) is 36.8 Å². The minimum absolute atomic E-state index is 0.00141. The summed E-state index contributed by atoms with van der Waals surface area (Å²) in [4.78, 5) is 45.9. The van der Waals surface area contributed by atoms with Crippen LogP contribution in [-0.4, -0.2) is 97.4 Å². The molecule has 36 heavy (non-hydrogen) atoms. The lowest BCUT2D eigenvalue weighted by Crippen LogP contribution is -2.56. The second kappa shape index (κ2) is 10.8. The summed E-state index contributed by atoms with van der Waals surface area (Å²) in [6.07, 6.45) is 7.68. The Balaban J connectivity index is 1.46. The molecule has 1 aliphatic heterocycles. The molecule has 8 nitrogen and oxygen atoms in total. The predicted octanol–water partition coefficient (Wildman–Crippen LogP) is 2.89. The molecule has 198 valence electrons. The van der Waals surface area contributed by atoms with E-state index < -0.39 is 0 Å². The zero-order chi connectivity index (χ0) is 25.9. The van der Waals surface area contributed by atoms with Crippen LogP contribution in [0.5, 0.6) is 0 Å². The number of amides is 4. The fraction of sp³-hybridized carbons (Fsp3) is 0.679. The first-order valence-corrected chi connectivity index (χ1v) is 13.4. The average molecular weight is 498 g/mol. The van der Waals surface area contributed by atoms with Crippen LogP contribution in [0.4, 0.5) is 4.79 Å². The Morgan fingerprint density at radius 3 is 2.25 bits per heavy atom. The summed E-state index contributed by atoms with van der Waals surface area (Å²) in [5, 5.41) is 2.83. The Bertz CT molecular complexity index is 936. The molecule has 0 unspecified atom stereocenters. The summed E-state index contributed by atoms with van der Waals surface area (Å²) < 4.78 is 0. The smallest absolute Gasteiger partial charge is 0.321 e. The molecule has 2 aliphatic carbocycles. The highest BCUT2D eigenvalue weighted by molar-refractivity contribution is 5.86. The number of carbonyl (C=O) groups excluding carboxylic acids is 3. The molecule has 8 heteroatoms. The Morgan fingerprint density at radius 1 is 1.03 bits per heavy atom. The highest BCUT2D eigenvalue weighted by Gasteiger charge is 2.55. The van der Waals surface area contributed by atoms with Crippen molar-refractivity contribution in [2.24, 2.45) is 5.92 Å². The van der Waals surface area contributed by atoms with E-state index in [1.807, 2.05) is 0 Å². The second-order valence-electron chi connectivity index (χ2n) is 11.5. The van der Waals surface area contributed by atoms with Gasteiger partial charge in [0.05, 0.1) is 5.54 Å². The van der Waals surface area contributed by atoms with Crippen LogP contribution in [0.15, 0.2) is 30.3 Å². The minimum Gasteiger partial charge on any atom is -0.354 e. The number of nitrogens with one attached hydrogen (secondary N) is 1. The molecule has 1 aromatic carbocycles. The third-order valence-electron chi connectivity index (χ3n) is 8.89. The lowest BCUT2D eigenvalue weighted by atomic mass is 9.68. The van der Waals surface area contributed by atoms with Gasteiger partial charge >= 0.3 is 6.03 Å². The number of hydrogen-bond donors (Lipinski definition) is 1. The maximum Gasteiger partial charge on any atom is 0.321 e. The first-order chi connectivity index (χ1) is 17.2. The normalized spacial score (nSPS) is 26.4. The number of benzene rings is 1. The molecular weight excluding hydrogens is 454 g/mol. The van der Waals surface area contributed by atoms with Gasteiger partial charge in [0.15, 0.2) is 0 Å². The summed E-state index contributed by atoms with van der Waals surface area (Å²) in [7, 11) is 7.73. The van der Waals surface area contributed by atoms with E-state index in [4.69, 9.17) is 0 Å². The van der Waals surface area contributed by atoms with Gasteiger partial charge in [-0.15, -0.1) is 0 Å². The van der Waals surface area contributed by atoms with Crippen molar-refractivity contribution in [3.05, 3.63) is 35.9 Å². The van der Waals surface area contributed by atoms with Crippen molar-refractivity contribution in [1.29, 1.82) is 0 Å². The summed E-state index contributed by atoms with van der Waals surface area (Å²) in [6, 6.07) is 10.7. The van der Waals surface area contributed by atoms with Crippen LogP contribution in [0.25, 0.3) is 0 Å². The van der Waals surface area contributed by atoms with Gasteiger partial charge < -0.3 is 20.0 Å². The molecule has 1 heterocycles. The van der Waals surface area contributed by atoms with E-state index in [-0.39, 0.29) is 48.4 Å². The predicted molar refractivity (Wildman–Crippen MR) is 140 cm³/mol. The van der Waals surface area contributed by atoms with Crippen LogP contribution in [0.3, 0.4) is 0 Å². The van der Waals surface area contributed by atoms with Gasteiger partial charge in [0.1, 0.15) is 6.54 Å². The molecule has 2 saturated carbocycles. The summed E-state index contributed by atoms with van der Waals surface area (Å²) in [6.45, 7) is 1.74. The summed E-state index contributed by atoms with van der Waals surface area (Å²) in [5.41, 5.74) is 1.08. The fourth-order valence-electron chi connectivity index (χ4n) is 6.27. The van der Waals surface area contributed by atoms with Gasteiger partial charge in [-0.25, -0.2) is 4.79 Å². The Morgan fingerprint density at radius 2 is 1.69 bits per heavy atom. The van der Waals surface area contributed by atoms with Gasteiger partial charge in [0, 0.05) is 45.7 Å². The third-order valence-corrected chi connectivity index (χ3v) is 8.89. The fourth-order valence-corrected chi connectivity index (χ4v) is 6.27.